The second kappa shape index (κ2) is 7.53. The Labute approximate surface area is 153 Å². The zero-order valence-corrected chi connectivity index (χ0v) is 14.3. The van der Waals surface area contributed by atoms with Crippen LogP contribution in [-0.2, 0) is 12.7 Å². The molecule has 140 valence electrons. The van der Waals surface area contributed by atoms with Crippen LogP contribution in [0, 0.1) is 0 Å². The molecule has 8 heteroatoms. The Balaban J connectivity index is 1.65. The summed E-state index contributed by atoms with van der Waals surface area (Å²) in [6.45, 7) is 0.480. The molecule has 1 aromatic heterocycles. The van der Waals surface area contributed by atoms with Gasteiger partial charge in [0.05, 0.1) is 31.1 Å². The van der Waals surface area contributed by atoms with E-state index < -0.39 is 17.6 Å². The number of methoxy groups -OCH3 is 1. The molecular formula is C19H16F3N3O2. The number of rotatable bonds is 5. The molecule has 0 spiro atoms. The fourth-order valence-electron chi connectivity index (χ4n) is 2.49. The van der Waals surface area contributed by atoms with E-state index in [-0.39, 0.29) is 5.56 Å². The highest BCUT2D eigenvalue weighted by atomic mass is 19.4. The van der Waals surface area contributed by atoms with Crippen molar-refractivity contribution in [1.82, 2.24) is 9.78 Å². The van der Waals surface area contributed by atoms with Gasteiger partial charge >= 0.3 is 6.18 Å². The third kappa shape index (κ3) is 4.66. The Bertz CT molecular complexity index is 934. The van der Waals surface area contributed by atoms with E-state index in [4.69, 9.17) is 4.74 Å². The number of ether oxygens (including phenoxy) is 1. The van der Waals surface area contributed by atoms with Crippen molar-refractivity contribution in [2.75, 3.05) is 12.4 Å². The van der Waals surface area contributed by atoms with Crippen LogP contribution in [0.25, 0.3) is 0 Å². The number of alkyl halides is 3. The summed E-state index contributed by atoms with van der Waals surface area (Å²) in [5, 5.41) is 6.79. The topological polar surface area (TPSA) is 56.1 Å². The first kappa shape index (κ1) is 18.5. The van der Waals surface area contributed by atoms with Gasteiger partial charge < -0.3 is 10.1 Å². The SMILES string of the molecule is COc1cccc(Cn2cc(NC(=O)c3ccc(C(F)(F)F)cc3)cn2)c1. The molecular weight excluding hydrogens is 359 g/mol. The van der Waals surface area contributed by atoms with Gasteiger partial charge in [-0.05, 0) is 42.0 Å². The highest BCUT2D eigenvalue weighted by Gasteiger charge is 2.30. The van der Waals surface area contributed by atoms with Crippen LogP contribution in [0.5, 0.6) is 5.75 Å². The minimum Gasteiger partial charge on any atom is -0.497 e. The van der Waals surface area contributed by atoms with Crippen molar-refractivity contribution in [2.45, 2.75) is 12.7 Å². The van der Waals surface area contributed by atoms with E-state index in [1.807, 2.05) is 24.3 Å². The van der Waals surface area contributed by atoms with Crippen LogP contribution in [0.2, 0.25) is 0 Å². The van der Waals surface area contributed by atoms with Gasteiger partial charge in [0, 0.05) is 11.8 Å². The molecule has 3 rings (SSSR count). The van der Waals surface area contributed by atoms with Crippen molar-refractivity contribution in [3.63, 3.8) is 0 Å². The van der Waals surface area contributed by atoms with Crippen molar-refractivity contribution >= 4 is 11.6 Å². The second-order valence-electron chi connectivity index (χ2n) is 5.81. The summed E-state index contributed by atoms with van der Waals surface area (Å²) >= 11 is 0. The lowest BCUT2D eigenvalue weighted by Crippen LogP contribution is -2.12. The maximum atomic E-state index is 12.6. The Morgan fingerprint density at radius 3 is 2.59 bits per heavy atom. The van der Waals surface area contributed by atoms with Crippen LogP contribution in [0.1, 0.15) is 21.5 Å². The molecule has 0 aliphatic rings. The first-order valence-electron chi connectivity index (χ1n) is 7.99. The maximum absolute atomic E-state index is 12.6. The first-order chi connectivity index (χ1) is 12.8. The van der Waals surface area contributed by atoms with E-state index >= 15 is 0 Å². The quantitative estimate of drug-likeness (QED) is 0.727. The molecule has 3 aromatic rings. The monoisotopic (exact) mass is 375 g/mol. The van der Waals surface area contributed by atoms with Crippen molar-refractivity contribution in [1.29, 1.82) is 0 Å². The average Bonchev–Trinajstić information content (AvgIpc) is 3.08. The molecule has 0 radical (unpaired) electrons. The summed E-state index contributed by atoms with van der Waals surface area (Å²) in [4.78, 5) is 12.2. The summed E-state index contributed by atoms with van der Waals surface area (Å²) in [7, 11) is 1.59. The number of carbonyl (C=O) groups is 1. The smallest absolute Gasteiger partial charge is 0.416 e. The molecule has 1 amide bonds. The summed E-state index contributed by atoms with van der Waals surface area (Å²) in [5.41, 5.74) is 0.745. The molecule has 0 unspecified atom stereocenters. The van der Waals surface area contributed by atoms with E-state index in [2.05, 4.69) is 10.4 Å². The molecule has 1 heterocycles. The Kier molecular flexibility index (Phi) is 5.16. The van der Waals surface area contributed by atoms with Gasteiger partial charge in [0.1, 0.15) is 5.75 Å². The van der Waals surface area contributed by atoms with Crippen LogP contribution < -0.4 is 10.1 Å². The third-order valence-electron chi connectivity index (χ3n) is 3.84. The number of halogens is 3. The van der Waals surface area contributed by atoms with Crippen molar-refractivity contribution in [2.24, 2.45) is 0 Å². The fourth-order valence-corrected chi connectivity index (χ4v) is 2.49. The van der Waals surface area contributed by atoms with E-state index in [1.165, 1.54) is 6.20 Å². The number of amides is 1. The van der Waals surface area contributed by atoms with E-state index in [0.717, 1.165) is 35.6 Å². The van der Waals surface area contributed by atoms with E-state index in [9.17, 15) is 18.0 Å². The lowest BCUT2D eigenvalue weighted by Gasteiger charge is -2.07. The number of hydrogen-bond donors (Lipinski definition) is 1. The lowest BCUT2D eigenvalue weighted by molar-refractivity contribution is -0.137. The zero-order chi connectivity index (χ0) is 19.4. The average molecular weight is 375 g/mol. The summed E-state index contributed by atoms with van der Waals surface area (Å²) in [5.74, 6) is 0.222. The number of nitrogens with one attached hydrogen (secondary N) is 1. The molecule has 0 atom stereocenters. The first-order valence-corrected chi connectivity index (χ1v) is 7.99. The molecule has 0 fully saturated rings. The number of hydrogen-bond acceptors (Lipinski definition) is 3. The summed E-state index contributed by atoms with van der Waals surface area (Å²) < 4.78 is 44.5. The highest BCUT2D eigenvalue weighted by molar-refractivity contribution is 6.04. The normalized spacial score (nSPS) is 11.3. The zero-order valence-electron chi connectivity index (χ0n) is 14.3. The second-order valence-corrected chi connectivity index (χ2v) is 5.81. The van der Waals surface area contributed by atoms with Gasteiger partial charge in [-0.1, -0.05) is 12.1 Å². The van der Waals surface area contributed by atoms with Gasteiger partial charge in [0.25, 0.3) is 5.91 Å². The van der Waals surface area contributed by atoms with Crippen LogP contribution in [-0.4, -0.2) is 22.8 Å². The van der Waals surface area contributed by atoms with Gasteiger partial charge in [-0.2, -0.15) is 18.3 Å². The van der Waals surface area contributed by atoms with Gasteiger partial charge in [0.2, 0.25) is 0 Å². The molecule has 1 N–H and O–H groups in total. The van der Waals surface area contributed by atoms with Gasteiger partial charge in [0.15, 0.2) is 0 Å². The molecule has 0 aliphatic carbocycles. The van der Waals surface area contributed by atoms with Crippen molar-refractivity contribution < 1.29 is 22.7 Å². The number of anilines is 1. The summed E-state index contributed by atoms with van der Waals surface area (Å²) in [6, 6.07) is 11.5. The molecule has 0 saturated heterocycles. The standard InChI is InChI=1S/C19H16F3N3O2/c1-27-17-4-2-3-13(9-17)11-25-12-16(10-23-25)24-18(26)14-5-7-15(8-6-14)19(20,21)22/h2-10,12H,11H2,1H3,(H,24,26). The van der Waals surface area contributed by atoms with Crippen LogP contribution in [0.15, 0.2) is 60.9 Å². The van der Waals surface area contributed by atoms with E-state index in [1.54, 1.807) is 18.0 Å². The predicted octanol–water partition coefficient (Wildman–Crippen LogP) is 4.21. The largest absolute Gasteiger partial charge is 0.497 e. The number of aromatic nitrogens is 2. The fraction of sp³-hybridized carbons (Fsp3) is 0.158. The predicted molar refractivity (Wildman–Crippen MR) is 93.7 cm³/mol. The molecule has 5 nitrogen and oxygen atoms in total. The number of benzene rings is 2. The van der Waals surface area contributed by atoms with Crippen LogP contribution in [0.3, 0.4) is 0 Å². The minimum absolute atomic E-state index is 0.128. The Morgan fingerprint density at radius 2 is 1.93 bits per heavy atom. The van der Waals surface area contributed by atoms with Crippen LogP contribution in [0.4, 0.5) is 18.9 Å². The third-order valence-corrected chi connectivity index (χ3v) is 3.84. The minimum atomic E-state index is -4.43. The van der Waals surface area contributed by atoms with E-state index in [0.29, 0.717) is 12.2 Å². The Morgan fingerprint density at radius 1 is 1.19 bits per heavy atom. The Hall–Kier alpha value is -3.29. The van der Waals surface area contributed by atoms with Gasteiger partial charge in [-0.15, -0.1) is 0 Å². The van der Waals surface area contributed by atoms with Gasteiger partial charge in [-0.25, -0.2) is 0 Å². The van der Waals surface area contributed by atoms with Gasteiger partial charge in [-0.3, -0.25) is 9.48 Å². The van der Waals surface area contributed by atoms with Crippen molar-refractivity contribution in [3.05, 3.63) is 77.6 Å². The lowest BCUT2D eigenvalue weighted by atomic mass is 10.1. The molecule has 0 saturated carbocycles. The molecule has 2 aromatic carbocycles. The maximum Gasteiger partial charge on any atom is 0.416 e. The number of nitrogens with zero attached hydrogens (tertiary/aromatic N) is 2. The molecule has 0 aliphatic heterocycles. The number of carbonyl (C=O) groups excluding carboxylic acids is 1. The molecule has 0 bridgehead atoms. The highest BCUT2D eigenvalue weighted by Crippen LogP contribution is 2.29. The van der Waals surface area contributed by atoms with Crippen LogP contribution >= 0.6 is 0 Å². The summed E-state index contributed by atoms with van der Waals surface area (Å²) in [6.07, 6.45) is -1.32. The molecule has 27 heavy (non-hydrogen) atoms. The van der Waals surface area contributed by atoms with Crippen molar-refractivity contribution in [3.8, 4) is 5.75 Å².